The van der Waals surface area contributed by atoms with E-state index in [-0.39, 0.29) is 6.10 Å². The first-order chi connectivity index (χ1) is 7.75. The van der Waals surface area contributed by atoms with Crippen molar-refractivity contribution in [2.24, 2.45) is 0 Å². The summed E-state index contributed by atoms with van der Waals surface area (Å²) in [7, 11) is 0. The number of aliphatic hydroxyl groups excluding tert-OH is 1. The highest BCUT2D eigenvalue weighted by atomic mass is 35.5. The minimum atomic E-state index is -0.280. The van der Waals surface area contributed by atoms with Crippen LogP contribution in [0.25, 0.3) is 0 Å². The van der Waals surface area contributed by atoms with Crippen molar-refractivity contribution in [2.75, 3.05) is 0 Å². The zero-order valence-electron chi connectivity index (χ0n) is 9.19. The number of allylic oxidation sites excluding steroid dienone is 1. The summed E-state index contributed by atoms with van der Waals surface area (Å²) in [6.07, 6.45) is 10.2. The molecule has 3 heteroatoms. The molecule has 1 N–H and O–H groups in total. The largest absolute Gasteiger partial charge is 0.389 e. The molecule has 1 unspecified atom stereocenters. The molecule has 1 aromatic rings. The SMILES string of the molecule is OC1C=C(Cc2ccncc2Cl)CCCC1. The summed E-state index contributed by atoms with van der Waals surface area (Å²) < 4.78 is 0. The quantitative estimate of drug-likeness (QED) is 0.802. The third-order valence-electron chi connectivity index (χ3n) is 2.95. The Kier molecular flexibility index (Phi) is 3.97. The van der Waals surface area contributed by atoms with Crippen LogP contribution in [0.15, 0.2) is 30.1 Å². The van der Waals surface area contributed by atoms with Crippen molar-refractivity contribution in [3.63, 3.8) is 0 Å². The Balaban J connectivity index is 2.11. The van der Waals surface area contributed by atoms with Gasteiger partial charge in [-0.2, -0.15) is 0 Å². The summed E-state index contributed by atoms with van der Waals surface area (Å²) >= 11 is 6.07. The van der Waals surface area contributed by atoms with Gasteiger partial charge < -0.3 is 5.11 Å². The van der Waals surface area contributed by atoms with Gasteiger partial charge in [0.05, 0.1) is 11.1 Å². The molecule has 0 spiro atoms. The van der Waals surface area contributed by atoms with Crippen LogP contribution in [-0.2, 0) is 6.42 Å². The van der Waals surface area contributed by atoms with Crippen LogP contribution in [0.4, 0.5) is 0 Å². The van der Waals surface area contributed by atoms with E-state index in [9.17, 15) is 5.11 Å². The number of hydrogen-bond donors (Lipinski definition) is 1. The normalized spacial score (nSPS) is 21.4. The highest BCUT2D eigenvalue weighted by Gasteiger charge is 2.10. The van der Waals surface area contributed by atoms with Crippen LogP contribution >= 0.6 is 11.6 Å². The van der Waals surface area contributed by atoms with Crippen LogP contribution in [-0.4, -0.2) is 16.2 Å². The molecular formula is C13H16ClNO. The van der Waals surface area contributed by atoms with Gasteiger partial charge in [-0.05, 0) is 37.3 Å². The first-order valence-corrected chi connectivity index (χ1v) is 6.09. The summed E-state index contributed by atoms with van der Waals surface area (Å²) in [5, 5.41) is 10.4. The van der Waals surface area contributed by atoms with Gasteiger partial charge in [0.15, 0.2) is 0 Å². The highest BCUT2D eigenvalue weighted by Crippen LogP contribution is 2.24. The molecule has 0 fully saturated rings. The predicted octanol–water partition coefficient (Wildman–Crippen LogP) is 3.14. The summed E-state index contributed by atoms with van der Waals surface area (Å²) in [5.41, 5.74) is 2.38. The van der Waals surface area contributed by atoms with Crippen molar-refractivity contribution in [2.45, 2.75) is 38.2 Å². The van der Waals surface area contributed by atoms with Crippen molar-refractivity contribution < 1.29 is 5.11 Å². The molecule has 0 aromatic carbocycles. The molecule has 0 amide bonds. The van der Waals surface area contributed by atoms with Gasteiger partial charge in [0, 0.05) is 12.4 Å². The number of pyridine rings is 1. The summed E-state index contributed by atoms with van der Waals surface area (Å²) in [5.74, 6) is 0. The van der Waals surface area contributed by atoms with Crippen LogP contribution in [0.2, 0.25) is 5.02 Å². The Morgan fingerprint density at radius 1 is 1.44 bits per heavy atom. The average Bonchev–Trinajstić information content (AvgIpc) is 2.46. The van der Waals surface area contributed by atoms with Crippen LogP contribution < -0.4 is 0 Å². The molecule has 1 aliphatic rings. The second kappa shape index (κ2) is 5.46. The lowest BCUT2D eigenvalue weighted by Crippen LogP contribution is -2.01. The van der Waals surface area contributed by atoms with E-state index >= 15 is 0 Å². The molecule has 1 heterocycles. The van der Waals surface area contributed by atoms with Gasteiger partial charge in [-0.3, -0.25) is 4.98 Å². The molecule has 2 rings (SSSR count). The maximum atomic E-state index is 9.69. The molecule has 2 nitrogen and oxygen atoms in total. The van der Waals surface area contributed by atoms with Gasteiger partial charge in [0.1, 0.15) is 0 Å². The Hall–Kier alpha value is -0.860. The van der Waals surface area contributed by atoms with Gasteiger partial charge in [0.25, 0.3) is 0 Å². The van der Waals surface area contributed by atoms with E-state index in [4.69, 9.17) is 11.6 Å². The standard InChI is InChI=1S/C13H16ClNO/c14-13-9-15-6-5-11(13)7-10-3-1-2-4-12(16)8-10/h5-6,8-9,12,16H,1-4,7H2. The van der Waals surface area contributed by atoms with E-state index < -0.39 is 0 Å². The lowest BCUT2D eigenvalue weighted by atomic mass is 10.0. The Morgan fingerprint density at radius 2 is 2.31 bits per heavy atom. The second-order valence-corrected chi connectivity index (χ2v) is 4.69. The van der Waals surface area contributed by atoms with Crippen molar-refractivity contribution >= 4 is 11.6 Å². The number of aromatic nitrogens is 1. The van der Waals surface area contributed by atoms with Crippen molar-refractivity contribution in [1.82, 2.24) is 4.98 Å². The first-order valence-electron chi connectivity index (χ1n) is 5.72. The van der Waals surface area contributed by atoms with E-state index in [1.54, 1.807) is 12.4 Å². The molecule has 1 aromatic heterocycles. The second-order valence-electron chi connectivity index (χ2n) is 4.28. The number of rotatable bonds is 2. The number of aliphatic hydroxyl groups is 1. The van der Waals surface area contributed by atoms with Crippen molar-refractivity contribution in [3.05, 3.63) is 40.7 Å². The van der Waals surface area contributed by atoms with Gasteiger partial charge in [-0.25, -0.2) is 0 Å². The van der Waals surface area contributed by atoms with E-state index in [1.807, 2.05) is 12.1 Å². The Morgan fingerprint density at radius 3 is 3.12 bits per heavy atom. The fourth-order valence-electron chi connectivity index (χ4n) is 2.08. The zero-order chi connectivity index (χ0) is 11.4. The molecule has 0 saturated carbocycles. The highest BCUT2D eigenvalue weighted by molar-refractivity contribution is 6.31. The van der Waals surface area contributed by atoms with Gasteiger partial charge >= 0.3 is 0 Å². The van der Waals surface area contributed by atoms with Crippen molar-refractivity contribution in [1.29, 1.82) is 0 Å². The van der Waals surface area contributed by atoms with Crippen LogP contribution in [0.3, 0.4) is 0 Å². The van der Waals surface area contributed by atoms with Crippen LogP contribution in [0.5, 0.6) is 0 Å². The first kappa shape index (κ1) is 11.6. The summed E-state index contributed by atoms with van der Waals surface area (Å²) in [6, 6.07) is 1.94. The minimum absolute atomic E-state index is 0.280. The average molecular weight is 238 g/mol. The van der Waals surface area contributed by atoms with E-state index in [0.29, 0.717) is 5.02 Å². The van der Waals surface area contributed by atoms with Gasteiger partial charge in [-0.1, -0.05) is 29.7 Å². The molecule has 0 aliphatic heterocycles. The van der Waals surface area contributed by atoms with E-state index in [0.717, 1.165) is 37.7 Å². The molecule has 0 bridgehead atoms. The van der Waals surface area contributed by atoms with Gasteiger partial charge in [-0.15, -0.1) is 0 Å². The number of halogens is 1. The molecule has 1 aliphatic carbocycles. The summed E-state index contributed by atoms with van der Waals surface area (Å²) in [6.45, 7) is 0. The fraction of sp³-hybridized carbons (Fsp3) is 0.462. The molecule has 0 saturated heterocycles. The third-order valence-corrected chi connectivity index (χ3v) is 3.29. The number of nitrogens with zero attached hydrogens (tertiary/aromatic N) is 1. The molecule has 0 radical (unpaired) electrons. The molecule has 1 atom stereocenters. The minimum Gasteiger partial charge on any atom is -0.389 e. The monoisotopic (exact) mass is 237 g/mol. The zero-order valence-corrected chi connectivity index (χ0v) is 9.95. The van der Waals surface area contributed by atoms with E-state index in [1.165, 1.54) is 5.57 Å². The topological polar surface area (TPSA) is 33.1 Å². The van der Waals surface area contributed by atoms with Crippen molar-refractivity contribution in [3.8, 4) is 0 Å². The maximum absolute atomic E-state index is 9.69. The molecule has 86 valence electrons. The summed E-state index contributed by atoms with van der Waals surface area (Å²) in [4.78, 5) is 3.97. The Bertz CT molecular complexity index is 389. The van der Waals surface area contributed by atoms with E-state index in [2.05, 4.69) is 4.98 Å². The third kappa shape index (κ3) is 3.06. The van der Waals surface area contributed by atoms with Gasteiger partial charge in [0.2, 0.25) is 0 Å². The molecular weight excluding hydrogens is 222 g/mol. The Labute approximate surface area is 101 Å². The predicted molar refractivity (Wildman–Crippen MR) is 65.5 cm³/mol. The van der Waals surface area contributed by atoms with Crippen LogP contribution in [0.1, 0.15) is 31.2 Å². The maximum Gasteiger partial charge on any atom is 0.0723 e. The smallest absolute Gasteiger partial charge is 0.0723 e. The lowest BCUT2D eigenvalue weighted by molar-refractivity contribution is 0.211. The lowest BCUT2D eigenvalue weighted by Gasteiger charge is -2.07. The number of hydrogen-bond acceptors (Lipinski definition) is 2. The fourth-order valence-corrected chi connectivity index (χ4v) is 2.27. The van der Waals surface area contributed by atoms with Crippen LogP contribution in [0, 0.1) is 0 Å². The molecule has 16 heavy (non-hydrogen) atoms.